The predicted octanol–water partition coefficient (Wildman–Crippen LogP) is 1.87. The van der Waals surface area contributed by atoms with E-state index in [9.17, 15) is 4.79 Å². The lowest BCUT2D eigenvalue weighted by Crippen LogP contribution is -2.52. The van der Waals surface area contributed by atoms with Crippen molar-refractivity contribution in [3.05, 3.63) is 0 Å². The first kappa shape index (κ1) is 14.3. The number of amides is 2. The van der Waals surface area contributed by atoms with Crippen LogP contribution in [-0.4, -0.2) is 66.5 Å². The normalized spacial score (nSPS) is 17.2. The van der Waals surface area contributed by atoms with Crippen LogP contribution in [0.4, 0.5) is 4.79 Å². The Morgan fingerprint density at radius 1 is 1.06 bits per heavy atom. The molecule has 0 aromatic rings. The van der Waals surface area contributed by atoms with Crippen LogP contribution >= 0.6 is 0 Å². The van der Waals surface area contributed by atoms with Crippen LogP contribution in [0.5, 0.6) is 0 Å². The Morgan fingerprint density at radius 3 is 2.12 bits per heavy atom. The SMILES string of the molecule is CCCCN1CCN(C(=O)N(CC)CC)CC1. The number of carbonyl (C=O) groups is 1. The Bertz CT molecular complexity index is 221. The van der Waals surface area contributed by atoms with Crippen LogP contribution in [-0.2, 0) is 0 Å². The molecule has 0 spiro atoms. The van der Waals surface area contributed by atoms with Crippen LogP contribution in [0, 0.1) is 0 Å². The molecule has 0 saturated carbocycles. The van der Waals surface area contributed by atoms with Crippen LogP contribution in [0.2, 0.25) is 0 Å². The molecule has 0 N–H and O–H groups in total. The molecule has 1 heterocycles. The highest BCUT2D eigenvalue weighted by molar-refractivity contribution is 5.74. The highest BCUT2D eigenvalue weighted by atomic mass is 16.2. The largest absolute Gasteiger partial charge is 0.325 e. The molecule has 1 aliphatic rings. The smallest absolute Gasteiger partial charge is 0.320 e. The third-order valence-corrected chi connectivity index (χ3v) is 3.50. The number of hydrogen-bond donors (Lipinski definition) is 0. The van der Waals surface area contributed by atoms with Crippen molar-refractivity contribution in [2.24, 2.45) is 0 Å². The summed E-state index contributed by atoms with van der Waals surface area (Å²) in [6, 6.07) is 0.213. The van der Waals surface area contributed by atoms with Gasteiger partial charge in [0.1, 0.15) is 0 Å². The maximum atomic E-state index is 12.1. The first-order valence-electron chi connectivity index (χ1n) is 6.99. The van der Waals surface area contributed by atoms with Gasteiger partial charge in [-0.05, 0) is 26.8 Å². The van der Waals surface area contributed by atoms with Crippen LogP contribution in [0.15, 0.2) is 0 Å². The van der Waals surface area contributed by atoms with Crippen molar-refractivity contribution in [2.75, 3.05) is 45.8 Å². The lowest BCUT2D eigenvalue weighted by Gasteiger charge is -2.37. The van der Waals surface area contributed by atoms with E-state index in [-0.39, 0.29) is 6.03 Å². The summed E-state index contributed by atoms with van der Waals surface area (Å²) in [6.45, 7) is 13.0. The monoisotopic (exact) mass is 241 g/mol. The second-order valence-corrected chi connectivity index (χ2v) is 4.64. The van der Waals surface area contributed by atoms with Crippen LogP contribution < -0.4 is 0 Å². The number of piperazine rings is 1. The zero-order valence-corrected chi connectivity index (χ0v) is 11.6. The molecule has 1 fully saturated rings. The van der Waals surface area contributed by atoms with Gasteiger partial charge < -0.3 is 9.80 Å². The van der Waals surface area contributed by atoms with Gasteiger partial charge >= 0.3 is 6.03 Å². The summed E-state index contributed by atoms with van der Waals surface area (Å²) in [4.78, 5) is 18.5. The number of carbonyl (C=O) groups excluding carboxylic acids is 1. The summed E-state index contributed by atoms with van der Waals surface area (Å²) in [6.07, 6.45) is 2.52. The number of unbranched alkanes of at least 4 members (excludes halogenated alkanes) is 1. The maximum absolute atomic E-state index is 12.1. The van der Waals surface area contributed by atoms with Crippen molar-refractivity contribution in [3.63, 3.8) is 0 Å². The van der Waals surface area contributed by atoms with Crippen molar-refractivity contribution in [3.8, 4) is 0 Å². The summed E-state index contributed by atoms with van der Waals surface area (Å²) in [5.41, 5.74) is 0. The Balaban J connectivity index is 2.33. The van der Waals surface area contributed by atoms with Crippen LogP contribution in [0.3, 0.4) is 0 Å². The fourth-order valence-corrected chi connectivity index (χ4v) is 2.24. The minimum atomic E-state index is 0.213. The molecule has 1 aliphatic heterocycles. The third-order valence-electron chi connectivity index (χ3n) is 3.50. The molecular weight excluding hydrogens is 214 g/mol. The third kappa shape index (κ3) is 4.19. The van der Waals surface area contributed by atoms with Crippen molar-refractivity contribution in [1.29, 1.82) is 0 Å². The molecular formula is C13H27N3O. The van der Waals surface area contributed by atoms with E-state index in [0.717, 1.165) is 39.3 Å². The van der Waals surface area contributed by atoms with Gasteiger partial charge in [0.15, 0.2) is 0 Å². The second-order valence-electron chi connectivity index (χ2n) is 4.64. The van der Waals surface area contributed by atoms with Crippen molar-refractivity contribution < 1.29 is 4.79 Å². The van der Waals surface area contributed by atoms with E-state index in [1.165, 1.54) is 19.4 Å². The molecule has 0 radical (unpaired) electrons. The highest BCUT2D eigenvalue weighted by Gasteiger charge is 2.23. The van der Waals surface area contributed by atoms with Gasteiger partial charge in [0.25, 0.3) is 0 Å². The van der Waals surface area contributed by atoms with E-state index in [2.05, 4.69) is 11.8 Å². The molecule has 0 aromatic carbocycles. The minimum absolute atomic E-state index is 0.213. The molecule has 4 heteroatoms. The molecule has 2 amide bonds. The van der Waals surface area contributed by atoms with Gasteiger partial charge in [-0.1, -0.05) is 13.3 Å². The van der Waals surface area contributed by atoms with E-state index >= 15 is 0 Å². The number of nitrogens with zero attached hydrogens (tertiary/aromatic N) is 3. The van der Waals surface area contributed by atoms with Gasteiger partial charge in [0.05, 0.1) is 0 Å². The summed E-state index contributed by atoms with van der Waals surface area (Å²) in [5, 5.41) is 0. The van der Waals surface area contributed by atoms with Crippen LogP contribution in [0.1, 0.15) is 33.6 Å². The number of rotatable bonds is 5. The quantitative estimate of drug-likeness (QED) is 0.734. The first-order valence-corrected chi connectivity index (χ1v) is 6.99. The summed E-state index contributed by atoms with van der Waals surface area (Å²) in [7, 11) is 0. The molecule has 4 nitrogen and oxygen atoms in total. The van der Waals surface area contributed by atoms with E-state index in [1.807, 2.05) is 23.6 Å². The Labute approximate surface area is 106 Å². The van der Waals surface area contributed by atoms with Crippen LogP contribution in [0.25, 0.3) is 0 Å². The van der Waals surface area contributed by atoms with Gasteiger partial charge in [-0.15, -0.1) is 0 Å². The molecule has 0 atom stereocenters. The van der Waals surface area contributed by atoms with Gasteiger partial charge in [-0.25, -0.2) is 4.79 Å². The van der Waals surface area contributed by atoms with Gasteiger partial charge in [0.2, 0.25) is 0 Å². The number of hydrogen-bond acceptors (Lipinski definition) is 2. The minimum Gasteiger partial charge on any atom is -0.325 e. The van der Waals surface area contributed by atoms with Crippen molar-refractivity contribution in [2.45, 2.75) is 33.6 Å². The van der Waals surface area contributed by atoms with E-state index < -0.39 is 0 Å². The first-order chi connectivity index (χ1) is 8.22. The molecule has 0 aromatic heterocycles. The zero-order valence-electron chi connectivity index (χ0n) is 11.6. The average Bonchev–Trinajstić information content (AvgIpc) is 2.38. The van der Waals surface area contributed by atoms with Gasteiger partial charge in [-0.2, -0.15) is 0 Å². The lowest BCUT2D eigenvalue weighted by atomic mass is 10.2. The molecule has 0 unspecified atom stereocenters. The standard InChI is InChI=1S/C13H27N3O/c1-4-7-8-14-9-11-16(12-10-14)13(17)15(5-2)6-3/h4-12H2,1-3H3. The summed E-state index contributed by atoms with van der Waals surface area (Å²) >= 11 is 0. The molecule has 0 bridgehead atoms. The van der Waals surface area contributed by atoms with E-state index in [0.29, 0.717) is 0 Å². The summed E-state index contributed by atoms with van der Waals surface area (Å²) in [5.74, 6) is 0. The number of urea groups is 1. The highest BCUT2D eigenvalue weighted by Crippen LogP contribution is 2.06. The van der Waals surface area contributed by atoms with E-state index in [1.54, 1.807) is 0 Å². The molecule has 100 valence electrons. The lowest BCUT2D eigenvalue weighted by molar-refractivity contribution is 0.114. The van der Waals surface area contributed by atoms with E-state index in [4.69, 9.17) is 0 Å². The Kier molecular flexibility index (Phi) is 6.34. The topological polar surface area (TPSA) is 26.8 Å². The fourth-order valence-electron chi connectivity index (χ4n) is 2.24. The summed E-state index contributed by atoms with van der Waals surface area (Å²) < 4.78 is 0. The Hall–Kier alpha value is -0.770. The predicted molar refractivity (Wildman–Crippen MR) is 71.2 cm³/mol. The maximum Gasteiger partial charge on any atom is 0.320 e. The fraction of sp³-hybridized carbons (Fsp3) is 0.923. The molecule has 1 saturated heterocycles. The Morgan fingerprint density at radius 2 is 1.65 bits per heavy atom. The zero-order chi connectivity index (χ0) is 12.7. The average molecular weight is 241 g/mol. The molecule has 17 heavy (non-hydrogen) atoms. The second kappa shape index (κ2) is 7.54. The van der Waals surface area contributed by atoms with Gasteiger partial charge in [0, 0.05) is 39.3 Å². The molecule has 1 rings (SSSR count). The van der Waals surface area contributed by atoms with Crippen molar-refractivity contribution in [1.82, 2.24) is 14.7 Å². The van der Waals surface area contributed by atoms with Crippen molar-refractivity contribution >= 4 is 6.03 Å². The van der Waals surface area contributed by atoms with Gasteiger partial charge in [-0.3, -0.25) is 4.90 Å². The molecule has 0 aliphatic carbocycles.